The van der Waals surface area contributed by atoms with Gasteiger partial charge >= 0.3 is 0 Å². The van der Waals surface area contributed by atoms with E-state index in [-0.39, 0.29) is 22.3 Å². The number of ketones is 2. The molecule has 2 aromatic carbocycles. The minimum Gasteiger partial charge on any atom is -0.380 e. The minimum atomic E-state index is -0.306. The zero-order valence-corrected chi connectivity index (χ0v) is 12.6. The van der Waals surface area contributed by atoms with E-state index in [1.165, 1.54) is 0 Å². The van der Waals surface area contributed by atoms with Gasteiger partial charge in [0.25, 0.3) is 0 Å². The van der Waals surface area contributed by atoms with E-state index in [0.717, 1.165) is 12.0 Å². The second-order valence-corrected chi connectivity index (χ2v) is 5.43. The van der Waals surface area contributed by atoms with E-state index in [1.807, 2.05) is 30.3 Å². The molecule has 0 heterocycles. The third-order valence-corrected chi connectivity index (χ3v) is 3.98. The van der Waals surface area contributed by atoms with Gasteiger partial charge in [-0.05, 0) is 12.0 Å². The molecule has 2 aromatic rings. The van der Waals surface area contributed by atoms with E-state index < -0.39 is 0 Å². The van der Waals surface area contributed by atoms with Gasteiger partial charge in [-0.1, -0.05) is 66.2 Å². The maximum absolute atomic E-state index is 12.5. The van der Waals surface area contributed by atoms with Crippen LogP contribution in [0.4, 0.5) is 0 Å². The average Bonchev–Trinajstić information content (AvgIpc) is 2.57. The van der Waals surface area contributed by atoms with Crippen LogP contribution in [0.2, 0.25) is 0 Å². The summed E-state index contributed by atoms with van der Waals surface area (Å²) in [5, 5.41) is 2.99. The second-order valence-electron chi connectivity index (χ2n) is 5.06. The van der Waals surface area contributed by atoms with Gasteiger partial charge in [0.2, 0.25) is 11.6 Å². The molecule has 22 heavy (non-hydrogen) atoms. The first kappa shape index (κ1) is 14.5. The zero-order valence-electron chi connectivity index (χ0n) is 11.8. The minimum absolute atomic E-state index is 0.0308. The number of carbonyl (C=O) groups is 2. The molecule has 0 radical (unpaired) electrons. The van der Waals surface area contributed by atoms with Gasteiger partial charge in [0.15, 0.2) is 0 Å². The number of benzene rings is 2. The Labute approximate surface area is 133 Å². The van der Waals surface area contributed by atoms with Gasteiger partial charge in [0.1, 0.15) is 10.7 Å². The Hall–Kier alpha value is -2.39. The second kappa shape index (κ2) is 6.16. The third-order valence-electron chi connectivity index (χ3n) is 3.62. The van der Waals surface area contributed by atoms with Crippen molar-refractivity contribution in [3.05, 3.63) is 82.0 Å². The van der Waals surface area contributed by atoms with Crippen molar-refractivity contribution in [3.8, 4) is 0 Å². The van der Waals surface area contributed by atoms with Gasteiger partial charge < -0.3 is 5.32 Å². The van der Waals surface area contributed by atoms with Crippen molar-refractivity contribution in [1.29, 1.82) is 0 Å². The number of Topliss-reactive ketones (excluding diaryl/α,β-unsaturated/α-hetero) is 2. The summed E-state index contributed by atoms with van der Waals surface area (Å²) in [6.07, 6.45) is 0.748. The van der Waals surface area contributed by atoms with Crippen LogP contribution < -0.4 is 5.32 Å². The molecular weight excluding hydrogens is 298 g/mol. The molecule has 1 N–H and O–H groups in total. The van der Waals surface area contributed by atoms with Crippen molar-refractivity contribution in [1.82, 2.24) is 5.32 Å². The van der Waals surface area contributed by atoms with Crippen molar-refractivity contribution >= 4 is 23.2 Å². The van der Waals surface area contributed by atoms with Gasteiger partial charge in [0.05, 0.1) is 0 Å². The molecule has 0 unspecified atom stereocenters. The fourth-order valence-corrected chi connectivity index (χ4v) is 2.73. The molecule has 4 heteroatoms. The van der Waals surface area contributed by atoms with Crippen molar-refractivity contribution in [3.63, 3.8) is 0 Å². The van der Waals surface area contributed by atoms with Crippen LogP contribution in [-0.4, -0.2) is 18.1 Å². The average molecular weight is 312 g/mol. The van der Waals surface area contributed by atoms with E-state index in [0.29, 0.717) is 17.7 Å². The fourth-order valence-electron chi connectivity index (χ4n) is 2.48. The lowest BCUT2D eigenvalue weighted by atomic mass is 9.92. The summed E-state index contributed by atoms with van der Waals surface area (Å²) in [5.41, 5.74) is 2.12. The molecule has 0 aromatic heterocycles. The Kier molecular flexibility index (Phi) is 4.07. The molecule has 0 fully saturated rings. The number of carbonyl (C=O) groups excluding carboxylic acids is 2. The van der Waals surface area contributed by atoms with Crippen LogP contribution in [0.1, 0.15) is 26.3 Å². The monoisotopic (exact) mass is 311 g/mol. The summed E-state index contributed by atoms with van der Waals surface area (Å²) >= 11 is 6.08. The number of hydrogen-bond acceptors (Lipinski definition) is 3. The molecule has 0 saturated carbocycles. The van der Waals surface area contributed by atoms with E-state index in [2.05, 4.69) is 5.32 Å². The molecule has 0 aliphatic heterocycles. The summed E-state index contributed by atoms with van der Waals surface area (Å²) in [5.74, 6) is -0.535. The van der Waals surface area contributed by atoms with E-state index in [9.17, 15) is 9.59 Å². The number of rotatable bonds is 4. The van der Waals surface area contributed by atoms with Crippen LogP contribution >= 0.6 is 11.6 Å². The highest BCUT2D eigenvalue weighted by atomic mass is 35.5. The van der Waals surface area contributed by atoms with Crippen LogP contribution in [0.5, 0.6) is 0 Å². The third kappa shape index (κ3) is 2.68. The van der Waals surface area contributed by atoms with Crippen LogP contribution in [0, 0.1) is 0 Å². The lowest BCUT2D eigenvalue weighted by molar-refractivity contribution is 0.0975. The van der Waals surface area contributed by atoms with Gasteiger partial charge in [-0.3, -0.25) is 9.59 Å². The number of hydrogen-bond donors (Lipinski definition) is 1. The normalized spacial score (nSPS) is 14.0. The van der Waals surface area contributed by atoms with Crippen molar-refractivity contribution in [2.24, 2.45) is 0 Å². The molecule has 1 aliphatic carbocycles. The van der Waals surface area contributed by atoms with Crippen LogP contribution in [-0.2, 0) is 6.42 Å². The van der Waals surface area contributed by atoms with Crippen LogP contribution in [0.25, 0.3) is 0 Å². The van der Waals surface area contributed by atoms with Gasteiger partial charge in [-0.25, -0.2) is 0 Å². The summed E-state index contributed by atoms with van der Waals surface area (Å²) in [6.45, 7) is 0.538. The maximum atomic E-state index is 12.5. The van der Waals surface area contributed by atoms with E-state index in [4.69, 9.17) is 11.6 Å². The van der Waals surface area contributed by atoms with Crippen molar-refractivity contribution < 1.29 is 9.59 Å². The Bertz CT molecular complexity index is 766. The molecule has 3 rings (SSSR count). The zero-order chi connectivity index (χ0) is 15.5. The summed E-state index contributed by atoms with van der Waals surface area (Å²) < 4.78 is 0. The van der Waals surface area contributed by atoms with E-state index >= 15 is 0 Å². The molecule has 0 bridgehead atoms. The largest absolute Gasteiger partial charge is 0.380 e. The lowest BCUT2D eigenvalue weighted by Gasteiger charge is -2.18. The molecule has 0 atom stereocenters. The van der Waals surface area contributed by atoms with Crippen LogP contribution in [0.15, 0.2) is 65.3 Å². The Morgan fingerprint density at radius 2 is 1.41 bits per heavy atom. The highest BCUT2D eigenvalue weighted by Crippen LogP contribution is 2.27. The quantitative estimate of drug-likeness (QED) is 0.942. The van der Waals surface area contributed by atoms with Gasteiger partial charge in [-0.15, -0.1) is 0 Å². The first-order chi connectivity index (χ1) is 10.7. The fraction of sp³-hybridized carbons (Fsp3) is 0.111. The molecule has 0 spiro atoms. The molecular formula is C18H14ClNO2. The summed E-state index contributed by atoms with van der Waals surface area (Å²) in [7, 11) is 0. The summed E-state index contributed by atoms with van der Waals surface area (Å²) in [4.78, 5) is 24.7. The summed E-state index contributed by atoms with van der Waals surface area (Å²) in [6, 6.07) is 16.7. The predicted octanol–water partition coefficient (Wildman–Crippen LogP) is 3.35. The maximum Gasteiger partial charge on any atom is 0.211 e. The number of nitrogens with one attached hydrogen (secondary N) is 1. The Morgan fingerprint density at radius 1 is 0.818 bits per heavy atom. The topological polar surface area (TPSA) is 46.2 Å². The van der Waals surface area contributed by atoms with Gasteiger partial charge in [-0.2, -0.15) is 0 Å². The Morgan fingerprint density at radius 3 is 2.09 bits per heavy atom. The highest BCUT2D eigenvalue weighted by Gasteiger charge is 2.30. The molecule has 110 valence electrons. The van der Waals surface area contributed by atoms with Crippen molar-refractivity contribution in [2.75, 3.05) is 6.54 Å². The van der Waals surface area contributed by atoms with E-state index in [1.54, 1.807) is 24.3 Å². The smallest absolute Gasteiger partial charge is 0.211 e. The molecule has 0 amide bonds. The molecule has 3 nitrogen and oxygen atoms in total. The number of fused-ring (bicyclic) bond motifs is 1. The Balaban J connectivity index is 1.77. The van der Waals surface area contributed by atoms with Crippen LogP contribution in [0.3, 0.4) is 0 Å². The molecule has 0 saturated heterocycles. The van der Waals surface area contributed by atoms with Crippen molar-refractivity contribution in [2.45, 2.75) is 6.42 Å². The first-order valence-corrected chi connectivity index (χ1v) is 7.42. The molecule has 1 aliphatic rings. The number of allylic oxidation sites excluding steroid dienone is 2. The SMILES string of the molecule is O=C1C(Cl)=C(NCCc2ccccc2)C(=O)c2ccccc21. The lowest BCUT2D eigenvalue weighted by Crippen LogP contribution is -2.30. The standard InChI is InChI=1S/C18H14ClNO2/c19-15-16(20-11-10-12-6-2-1-3-7-12)18(22)14-9-5-4-8-13(14)17(15)21/h1-9,20H,10-11H2. The highest BCUT2D eigenvalue weighted by molar-refractivity contribution is 6.49. The van der Waals surface area contributed by atoms with Gasteiger partial charge in [0, 0.05) is 17.7 Å². The number of halogens is 1. The predicted molar refractivity (Wildman–Crippen MR) is 86.1 cm³/mol. The first-order valence-electron chi connectivity index (χ1n) is 7.04.